The van der Waals surface area contributed by atoms with Gasteiger partial charge in [0, 0.05) is 12.1 Å². The van der Waals surface area contributed by atoms with Crippen LogP contribution in [0.3, 0.4) is 0 Å². The Morgan fingerprint density at radius 3 is 2.41 bits per heavy atom. The predicted octanol–water partition coefficient (Wildman–Crippen LogP) is 5.76. The van der Waals surface area contributed by atoms with E-state index in [9.17, 15) is 14.4 Å². The molecular formula is C35H36FNO7. The molecule has 0 saturated heterocycles. The Labute approximate surface area is 255 Å². The summed E-state index contributed by atoms with van der Waals surface area (Å²) in [6, 6.07) is 16.0. The zero-order valence-electron chi connectivity index (χ0n) is 24.8. The van der Waals surface area contributed by atoms with E-state index < -0.39 is 23.7 Å². The van der Waals surface area contributed by atoms with Gasteiger partial charge in [-0.3, -0.25) is 14.4 Å². The van der Waals surface area contributed by atoms with E-state index in [1.165, 1.54) is 20.3 Å². The standard InChI is InChI=1S/C35H36FNO7/c1-41-29-18-28(36)30(17-27(29)33(38)37-32-23-11-10-22(16-23)31(32)35(40)42-2)44-25-14-12-21(13-15-25)34(39)43-19-24-8-5-7-20-6-3-4-9-26(20)24/h3-11,17-18,21-23,25,31-32H,12-16,19H2,1-2H3,(H,37,38). The molecule has 8 nitrogen and oxygen atoms in total. The van der Waals surface area contributed by atoms with E-state index in [1.54, 1.807) is 0 Å². The fourth-order valence-electron chi connectivity index (χ4n) is 6.96. The molecule has 3 aliphatic rings. The van der Waals surface area contributed by atoms with E-state index >= 15 is 4.39 Å². The summed E-state index contributed by atoms with van der Waals surface area (Å²) in [5.41, 5.74) is 1.07. The van der Waals surface area contributed by atoms with Crippen molar-refractivity contribution in [2.24, 2.45) is 23.7 Å². The number of nitrogens with one attached hydrogen (secondary N) is 1. The average molecular weight is 602 g/mol. The smallest absolute Gasteiger partial charge is 0.311 e. The number of fused-ring (bicyclic) bond motifs is 3. The number of ether oxygens (including phenoxy) is 4. The second-order valence-electron chi connectivity index (χ2n) is 11.8. The van der Waals surface area contributed by atoms with Crippen molar-refractivity contribution in [3.8, 4) is 11.5 Å². The van der Waals surface area contributed by atoms with Crippen LogP contribution in [0, 0.1) is 29.5 Å². The van der Waals surface area contributed by atoms with Crippen LogP contribution in [-0.4, -0.2) is 44.2 Å². The fraction of sp³-hybridized carbons (Fsp3) is 0.400. The predicted molar refractivity (Wildman–Crippen MR) is 161 cm³/mol. The highest BCUT2D eigenvalue weighted by molar-refractivity contribution is 5.98. The molecule has 3 aromatic rings. The minimum Gasteiger partial charge on any atom is -0.496 e. The van der Waals surface area contributed by atoms with Gasteiger partial charge in [-0.15, -0.1) is 0 Å². The van der Waals surface area contributed by atoms with Crippen molar-refractivity contribution in [3.63, 3.8) is 0 Å². The van der Waals surface area contributed by atoms with E-state index in [4.69, 9.17) is 18.9 Å². The lowest BCUT2D eigenvalue weighted by atomic mass is 9.87. The van der Waals surface area contributed by atoms with Crippen LogP contribution in [0.15, 0.2) is 66.7 Å². The minimum atomic E-state index is -0.648. The Morgan fingerprint density at radius 2 is 1.64 bits per heavy atom. The molecule has 9 heteroatoms. The van der Waals surface area contributed by atoms with Gasteiger partial charge in [-0.05, 0) is 66.3 Å². The average Bonchev–Trinajstić information content (AvgIpc) is 3.66. The molecule has 0 aromatic heterocycles. The van der Waals surface area contributed by atoms with Gasteiger partial charge in [0.1, 0.15) is 12.4 Å². The highest BCUT2D eigenvalue weighted by atomic mass is 19.1. The Hall–Kier alpha value is -4.40. The molecule has 230 valence electrons. The maximum Gasteiger partial charge on any atom is 0.311 e. The van der Waals surface area contributed by atoms with E-state index in [-0.39, 0.29) is 59.5 Å². The van der Waals surface area contributed by atoms with Gasteiger partial charge in [-0.2, -0.15) is 0 Å². The van der Waals surface area contributed by atoms with Crippen LogP contribution < -0.4 is 14.8 Å². The number of hydrogen-bond acceptors (Lipinski definition) is 7. The van der Waals surface area contributed by atoms with Crippen LogP contribution in [0.5, 0.6) is 11.5 Å². The Bertz CT molecular complexity index is 1590. The monoisotopic (exact) mass is 601 g/mol. The van der Waals surface area contributed by atoms with Gasteiger partial charge in [-0.25, -0.2) is 4.39 Å². The van der Waals surface area contributed by atoms with E-state index in [2.05, 4.69) is 5.32 Å². The zero-order valence-corrected chi connectivity index (χ0v) is 24.8. The number of amides is 1. The van der Waals surface area contributed by atoms with Crippen LogP contribution in [0.4, 0.5) is 4.39 Å². The highest BCUT2D eigenvalue weighted by Crippen LogP contribution is 2.44. The molecule has 3 aliphatic carbocycles. The number of rotatable bonds is 9. The van der Waals surface area contributed by atoms with Crippen LogP contribution in [0.1, 0.15) is 48.0 Å². The van der Waals surface area contributed by atoms with Gasteiger partial charge in [-0.1, -0.05) is 54.6 Å². The first kappa shape index (κ1) is 29.7. The number of hydrogen-bond donors (Lipinski definition) is 1. The molecule has 0 spiro atoms. The number of allylic oxidation sites excluding steroid dienone is 1. The summed E-state index contributed by atoms with van der Waals surface area (Å²) >= 11 is 0. The van der Waals surface area contributed by atoms with Crippen molar-refractivity contribution >= 4 is 28.6 Å². The summed E-state index contributed by atoms with van der Waals surface area (Å²) in [5.74, 6) is -2.44. The largest absolute Gasteiger partial charge is 0.496 e. The number of halogens is 1. The summed E-state index contributed by atoms with van der Waals surface area (Å²) in [4.78, 5) is 38.8. The molecule has 1 N–H and O–H groups in total. The maximum absolute atomic E-state index is 15.1. The van der Waals surface area contributed by atoms with Crippen molar-refractivity contribution in [3.05, 3.63) is 83.7 Å². The molecule has 2 fully saturated rings. The quantitative estimate of drug-likeness (QED) is 0.246. The number of benzene rings is 3. The van der Waals surface area contributed by atoms with Crippen LogP contribution in [0.25, 0.3) is 10.8 Å². The lowest BCUT2D eigenvalue weighted by Crippen LogP contribution is -2.46. The first-order valence-electron chi connectivity index (χ1n) is 15.1. The van der Waals surface area contributed by atoms with E-state index in [0.29, 0.717) is 25.7 Å². The Balaban J connectivity index is 1.07. The molecule has 1 amide bonds. The van der Waals surface area contributed by atoms with Gasteiger partial charge in [0.25, 0.3) is 5.91 Å². The summed E-state index contributed by atoms with van der Waals surface area (Å²) in [5, 5.41) is 5.12. The lowest BCUT2D eigenvalue weighted by molar-refractivity contribution is -0.151. The van der Waals surface area contributed by atoms with Crippen molar-refractivity contribution in [2.75, 3.05) is 14.2 Å². The number of carbonyl (C=O) groups excluding carboxylic acids is 3. The first-order chi connectivity index (χ1) is 21.4. The summed E-state index contributed by atoms with van der Waals surface area (Å²) < 4.78 is 37.1. The van der Waals surface area contributed by atoms with Crippen molar-refractivity contribution in [1.82, 2.24) is 5.32 Å². The molecule has 4 unspecified atom stereocenters. The number of esters is 2. The molecule has 4 atom stereocenters. The molecule has 0 aliphatic heterocycles. The van der Waals surface area contributed by atoms with Gasteiger partial charge >= 0.3 is 11.9 Å². The van der Waals surface area contributed by atoms with Crippen molar-refractivity contribution < 1.29 is 37.7 Å². The minimum absolute atomic E-state index is 0.0115. The normalized spacial score (nSPS) is 25.4. The van der Waals surface area contributed by atoms with E-state index in [1.807, 2.05) is 54.6 Å². The third-order valence-electron chi connectivity index (χ3n) is 9.28. The summed E-state index contributed by atoms with van der Waals surface area (Å²) in [6.07, 6.45) is 6.64. The van der Waals surface area contributed by atoms with Gasteiger partial charge in [0.2, 0.25) is 0 Å². The van der Waals surface area contributed by atoms with Gasteiger partial charge in [0.15, 0.2) is 11.6 Å². The lowest BCUT2D eigenvalue weighted by Gasteiger charge is -2.29. The Kier molecular flexibility index (Phi) is 8.55. The third kappa shape index (κ3) is 5.87. The van der Waals surface area contributed by atoms with Crippen molar-refractivity contribution in [2.45, 2.75) is 50.9 Å². The zero-order chi connectivity index (χ0) is 30.8. The molecule has 2 bridgehead atoms. The summed E-state index contributed by atoms with van der Waals surface area (Å²) in [6.45, 7) is 0.206. The molecule has 44 heavy (non-hydrogen) atoms. The van der Waals surface area contributed by atoms with Crippen LogP contribution in [0.2, 0.25) is 0 Å². The Morgan fingerprint density at radius 1 is 0.886 bits per heavy atom. The second-order valence-corrected chi connectivity index (χ2v) is 11.8. The molecule has 0 heterocycles. The van der Waals surface area contributed by atoms with Gasteiger partial charge in [0.05, 0.1) is 37.7 Å². The molecule has 0 radical (unpaired) electrons. The second kappa shape index (κ2) is 12.7. The topological polar surface area (TPSA) is 100 Å². The number of methoxy groups -OCH3 is 2. The van der Waals surface area contributed by atoms with Gasteiger partial charge < -0.3 is 24.3 Å². The third-order valence-corrected chi connectivity index (χ3v) is 9.28. The highest BCUT2D eigenvalue weighted by Gasteiger charge is 2.49. The first-order valence-corrected chi connectivity index (χ1v) is 15.1. The van der Waals surface area contributed by atoms with Crippen LogP contribution >= 0.6 is 0 Å². The molecule has 2 saturated carbocycles. The SMILES string of the molecule is COC(=O)C1C2C=CC(C2)C1NC(=O)c1cc(OC2CCC(C(=O)OCc3cccc4ccccc34)CC2)c(F)cc1OC. The molecule has 6 rings (SSSR count). The van der Waals surface area contributed by atoms with Crippen molar-refractivity contribution in [1.29, 1.82) is 0 Å². The van der Waals surface area contributed by atoms with E-state index in [0.717, 1.165) is 28.8 Å². The number of carbonyl (C=O) groups is 3. The fourth-order valence-corrected chi connectivity index (χ4v) is 6.96. The summed E-state index contributed by atoms with van der Waals surface area (Å²) in [7, 11) is 2.70. The molecular weight excluding hydrogens is 565 g/mol. The van der Waals surface area contributed by atoms with Crippen LogP contribution in [-0.2, 0) is 25.7 Å². The maximum atomic E-state index is 15.1. The molecule has 3 aromatic carbocycles.